The number of ether oxygens (including phenoxy) is 1. The second kappa shape index (κ2) is 5.07. The van der Waals surface area contributed by atoms with Crippen LogP contribution in [0.15, 0.2) is 18.2 Å². The first kappa shape index (κ1) is 12.6. The Morgan fingerprint density at radius 1 is 1.50 bits per heavy atom. The lowest BCUT2D eigenvalue weighted by Gasteiger charge is -2.20. The number of amides is 1. The first-order valence-electron chi connectivity index (χ1n) is 4.91. The van der Waals surface area contributed by atoms with E-state index >= 15 is 0 Å². The Hall–Kier alpha value is -1.42. The van der Waals surface area contributed by atoms with Crippen molar-refractivity contribution in [1.82, 2.24) is 0 Å². The van der Waals surface area contributed by atoms with E-state index < -0.39 is 6.09 Å². The summed E-state index contributed by atoms with van der Waals surface area (Å²) in [6, 6.07) is 4.94. The van der Waals surface area contributed by atoms with Crippen LogP contribution in [0.5, 0.6) is 0 Å². The molecule has 5 heteroatoms. The maximum absolute atomic E-state index is 11.6. The maximum atomic E-state index is 11.6. The van der Waals surface area contributed by atoms with E-state index in [4.69, 9.17) is 22.1 Å². The van der Waals surface area contributed by atoms with E-state index in [2.05, 4.69) is 0 Å². The van der Waals surface area contributed by atoms with Crippen LogP contribution in [-0.2, 0) is 4.74 Å². The number of hydrogen-bond donors (Lipinski definition) is 1. The third-order valence-corrected chi connectivity index (χ3v) is 2.20. The van der Waals surface area contributed by atoms with Crippen LogP contribution in [0.2, 0.25) is 5.02 Å². The zero-order valence-electron chi connectivity index (χ0n) is 9.53. The summed E-state index contributed by atoms with van der Waals surface area (Å²) in [5.41, 5.74) is 6.77. The fraction of sp³-hybridized carbons (Fsp3) is 0.364. The van der Waals surface area contributed by atoms with Gasteiger partial charge in [-0.15, -0.1) is 0 Å². The van der Waals surface area contributed by atoms with Gasteiger partial charge in [0, 0.05) is 12.1 Å². The normalized spacial score (nSPS) is 10.3. The van der Waals surface area contributed by atoms with Crippen LogP contribution >= 0.6 is 11.6 Å². The summed E-state index contributed by atoms with van der Waals surface area (Å²) in [5.74, 6) is 0. The molecule has 0 atom stereocenters. The van der Waals surface area contributed by atoms with E-state index in [1.54, 1.807) is 39.1 Å². The Balaban J connectivity index is 2.91. The summed E-state index contributed by atoms with van der Waals surface area (Å²) in [6.45, 7) is 3.57. The van der Waals surface area contributed by atoms with Gasteiger partial charge in [-0.25, -0.2) is 4.79 Å². The highest BCUT2D eigenvalue weighted by atomic mass is 35.5. The molecule has 1 rings (SSSR count). The number of nitrogen functional groups attached to an aromatic ring is 1. The molecule has 2 N–H and O–H groups in total. The minimum atomic E-state index is -0.455. The molecule has 0 aromatic heterocycles. The van der Waals surface area contributed by atoms with E-state index in [9.17, 15) is 4.79 Å². The molecule has 1 amide bonds. The summed E-state index contributed by atoms with van der Waals surface area (Å²) in [4.78, 5) is 13.0. The molecular formula is C11H15ClN2O2. The van der Waals surface area contributed by atoms with Gasteiger partial charge in [0.05, 0.1) is 17.5 Å². The second-order valence-corrected chi connectivity index (χ2v) is 4.13. The van der Waals surface area contributed by atoms with Gasteiger partial charge in [0.15, 0.2) is 0 Å². The Morgan fingerprint density at radius 2 is 2.12 bits per heavy atom. The fourth-order valence-corrected chi connectivity index (χ4v) is 1.35. The maximum Gasteiger partial charge on any atom is 0.414 e. The van der Waals surface area contributed by atoms with Crippen molar-refractivity contribution in [3.63, 3.8) is 0 Å². The predicted octanol–water partition coefficient (Wildman–Crippen LogP) is 2.90. The van der Waals surface area contributed by atoms with Gasteiger partial charge >= 0.3 is 6.09 Å². The summed E-state index contributed by atoms with van der Waals surface area (Å²) in [6.07, 6.45) is -0.626. The van der Waals surface area contributed by atoms with Gasteiger partial charge in [-0.1, -0.05) is 11.6 Å². The topological polar surface area (TPSA) is 55.6 Å². The van der Waals surface area contributed by atoms with Crippen molar-refractivity contribution in [3.05, 3.63) is 23.2 Å². The lowest BCUT2D eigenvalue weighted by Crippen LogP contribution is -2.29. The molecular weight excluding hydrogens is 228 g/mol. The van der Waals surface area contributed by atoms with Gasteiger partial charge < -0.3 is 10.5 Å². The van der Waals surface area contributed by atoms with Gasteiger partial charge in [-0.05, 0) is 32.0 Å². The molecule has 1 aromatic rings. The van der Waals surface area contributed by atoms with Gasteiger partial charge in [0.1, 0.15) is 0 Å². The first-order valence-corrected chi connectivity index (χ1v) is 5.29. The molecule has 0 spiro atoms. The quantitative estimate of drug-likeness (QED) is 0.812. The monoisotopic (exact) mass is 242 g/mol. The van der Waals surface area contributed by atoms with E-state index in [1.807, 2.05) is 0 Å². The smallest absolute Gasteiger partial charge is 0.414 e. The zero-order chi connectivity index (χ0) is 12.3. The summed E-state index contributed by atoms with van der Waals surface area (Å²) >= 11 is 5.84. The number of carbonyl (C=O) groups excluding carboxylic acids is 1. The summed E-state index contributed by atoms with van der Waals surface area (Å²) in [5, 5.41) is 0.522. The number of nitrogens with two attached hydrogens (primary N) is 1. The molecule has 0 heterocycles. The van der Waals surface area contributed by atoms with E-state index in [0.717, 1.165) is 0 Å². The van der Waals surface area contributed by atoms with Crippen molar-refractivity contribution in [2.24, 2.45) is 0 Å². The SMILES string of the molecule is CC(C)OC(=O)N(C)c1cc(Cl)ccc1N. The Morgan fingerprint density at radius 3 is 2.69 bits per heavy atom. The van der Waals surface area contributed by atoms with E-state index in [-0.39, 0.29) is 6.10 Å². The predicted molar refractivity (Wildman–Crippen MR) is 65.9 cm³/mol. The van der Waals surface area contributed by atoms with Crippen LogP contribution in [0.4, 0.5) is 16.2 Å². The van der Waals surface area contributed by atoms with Crippen molar-refractivity contribution in [2.45, 2.75) is 20.0 Å². The molecule has 1 aromatic carbocycles. The molecule has 0 aliphatic carbocycles. The van der Waals surface area contributed by atoms with Gasteiger partial charge in [0.2, 0.25) is 0 Å². The highest BCUT2D eigenvalue weighted by molar-refractivity contribution is 6.31. The standard InChI is InChI=1S/C11H15ClN2O2/c1-7(2)16-11(15)14(3)10-6-8(12)4-5-9(10)13/h4-7H,13H2,1-3H3. The van der Waals surface area contributed by atoms with Crippen molar-refractivity contribution >= 4 is 29.1 Å². The number of carbonyl (C=O) groups is 1. The third kappa shape index (κ3) is 3.03. The number of rotatable bonds is 2. The number of benzene rings is 1. The molecule has 4 nitrogen and oxygen atoms in total. The molecule has 16 heavy (non-hydrogen) atoms. The molecule has 0 bridgehead atoms. The van der Waals surface area contributed by atoms with Gasteiger partial charge in [0.25, 0.3) is 0 Å². The zero-order valence-corrected chi connectivity index (χ0v) is 10.3. The molecule has 0 aliphatic rings. The summed E-state index contributed by atoms with van der Waals surface area (Å²) in [7, 11) is 1.59. The van der Waals surface area contributed by atoms with Crippen LogP contribution in [0.1, 0.15) is 13.8 Å². The van der Waals surface area contributed by atoms with Gasteiger partial charge in [-0.2, -0.15) is 0 Å². The van der Waals surface area contributed by atoms with Crippen LogP contribution in [-0.4, -0.2) is 19.2 Å². The minimum absolute atomic E-state index is 0.171. The van der Waals surface area contributed by atoms with Gasteiger partial charge in [-0.3, -0.25) is 4.90 Å². The Labute approximate surface area is 99.9 Å². The van der Waals surface area contributed by atoms with Crippen molar-refractivity contribution < 1.29 is 9.53 Å². The number of anilines is 2. The lowest BCUT2D eigenvalue weighted by molar-refractivity contribution is 0.124. The van der Waals surface area contributed by atoms with Crippen LogP contribution in [0.3, 0.4) is 0 Å². The van der Waals surface area contributed by atoms with Crippen molar-refractivity contribution in [1.29, 1.82) is 0 Å². The average Bonchev–Trinajstić information content (AvgIpc) is 2.19. The van der Waals surface area contributed by atoms with Crippen LogP contribution in [0.25, 0.3) is 0 Å². The molecule has 88 valence electrons. The van der Waals surface area contributed by atoms with Crippen LogP contribution in [0, 0.1) is 0 Å². The fourth-order valence-electron chi connectivity index (χ4n) is 1.19. The molecule has 0 fully saturated rings. The average molecular weight is 243 g/mol. The van der Waals surface area contributed by atoms with Crippen LogP contribution < -0.4 is 10.6 Å². The highest BCUT2D eigenvalue weighted by Gasteiger charge is 2.16. The highest BCUT2D eigenvalue weighted by Crippen LogP contribution is 2.26. The number of hydrogen-bond acceptors (Lipinski definition) is 3. The molecule has 0 unspecified atom stereocenters. The Kier molecular flexibility index (Phi) is 4.01. The van der Waals surface area contributed by atoms with E-state index in [1.165, 1.54) is 4.90 Å². The second-order valence-electron chi connectivity index (χ2n) is 3.69. The molecule has 0 saturated carbocycles. The molecule has 0 radical (unpaired) electrons. The number of nitrogens with zero attached hydrogens (tertiary/aromatic N) is 1. The lowest BCUT2D eigenvalue weighted by atomic mass is 10.2. The minimum Gasteiger partial charge on any atom is -0.446 e. The Bertz CT molecular complexity index is 394. The summed E-state index contributed by atoms with van der Waals surface area (Å²) < 4.78 is 5.05. The molecule has 0 saturated heterocycles. The van der Waals surface area contributed by atoms with E-state index in [0.29, 0.717) is 16.4 Å². The third-order valence-electron chi connectivity index (χ3n) is 1.96. The molecule has 0 aliphatic heterocycles. The largest absolute Gasteiger partial charge is 0.446 e. The first-order chi connectivity index (χ1) is 7.41. The van der Waals surface area contributed by atoms with Crippen molar-refractivity contribution in [3.8, 4) is 0 Å². The van der Waals surface area contributed by atoms with Crippen molar-refractivity contribution in [2.75, 3.05) is 17.7 Å². The number of halogens is 1.